The maximum Gasteiger partial charge on any atom is 0.243 e. The first-order valence-corrected chi connectivity index (χ1v) is 8.52. The molecule has 0 atom stereocenters. The number of benzene rings is 1. The number of nitrogens with zero attached hydrogens (tertiary/aromatic N) is 2. The van der Waals surface area contributed by atoms with Gasteiger partial charge in [-0.1, -0.05) is 18.2 Å². The van der Waals surface area contributed by atoms with Crippen molar-refractivity contribution in [3.05, 3.63) is 59.9 Å². The van der Waals surface area contributed by atoms with Gasteiger partial charge in [0.25, 0.3) is 0 Å². The summed E-state index contributed by atoms with van der Waals surface area (Å²) in [6.45, 7) is 0.406. The summed E-state index contributed by atoms with van der Waals surface area (Å²) in [5.74, 6) is 0.174. The smallest absolute Gasteiger partial charge is 0.243 e. The van der Waals surface area contributed by atoms with Crippen LogP contribution in [0.5, 0.6) is 0 Å². The zero-order chi connectivity index (χ0) is 15.3. The standard InChI is InChI=1S/C15H17ClN2O2S/c1-18(11-8-13-6-9-17-10-7-13)21(19,20)15-5-3-2-4-14(15)12-16/h2-7,9-10H,8,11-12H2,1H3. The lowest BCUT2D eigenvalue weighted by molar-refractivity contribution is 0.472. The second-order valence-corrected chi connectivity index (χ2v) is 6.95. The molecule has 0 aliphatic rings. The SMILES string of the molecule is CN(CCc1ccncc1)S(=O)(=O)c1ccccc1CCl. The highest BCUT2D eigenvalue weighted by Gasteiger charge is 2.22. The molecule has 0 amide bonds. The summed E-state index contributed by atoms with van der Waals surface area (Å²) in [4.78, 5) is 4.22. The minimum atomic E-state index is -3.52. The number of alkyl halides is 1. The van der Waals surface area contributed by atoms with Crippen LogP contribution in [0.2, 0.25) is 0 Å². The van der Waals surface area contributed by atoms with Crippen LogP contribution in [-0.4, -0.2) is 31.3 Å². The van der Waals surface area contributed by atoms with E-state index in [9.17, 15) is 8.42 Å². The number of hydrogen-bond donors (Lipinski definition) is 0. The van der Waals surface area contributed by atoms with Gasteiger partial charge in [0.1, 0.15) is 0 Å². The van der Waals surface area contributed by atoms with Gasteiger partial charge < -0.3 is 0 Å². The van der Waals surface area contributed by atoms with E-state index < -0.39 is 10.0 Å². The van der Waals surface area contributed by atoms with E-state index in [1.54, 1.807) is 43.7 Å². The van der Waals surface area contributed by atoms with Crippen LogP contribution >= 0.6 is 11.6 Å². The van der Waals surface area contributed by atoms with Gasteiger partial charge >= 0.3 is 0 Å². The molecule has 6 heteroatoms. The van der Waals surface area contributed by atoms with E-state index in [4.69, 9.17) is 11.6 Å². The Morgan fingerprint density at radius 1 is 1.14 bits per heavy atom. The third-order valence-corrected chi connectivity index (χ3v) is 5.51. The van der Waals surface area contributed by atoms with Crippen LogP contribution in [0.25, 0.3) is 0 Å². The van der Waals surface area contributed by atoms with Gasteiger partial charge in [0.2, 0.25) is 10.0 Å². The molecule has 2 rings (SSSR count). The predicted octanol–water partition coefficient (Wildman–Crippen LogP) is 2.68. The first-order valence-electron chi connectivity index (χ1n) is 6.55. The fourth-order valence-corrected chi connectivity index (χ4v) is 3.69. The minimum absolute atomic E-state index is 0.174. The average Bonchev–Trinajstić information content (AvgIpc) is 2.53. The van der Waals surface area contributed by atoms with Gasteiger partial charge in [-0.3, -0.25) is 4.98 Å². The molecule has 0 unspecified atom stereocenters. The van der Waals surface area contributed by atoms with E-state index in [0.717, 1.165) is 5.56 Å². The molecule has 0 saturated carbocycles. The quantitative estimate of drug-likeness (QED) is 0.768. The predicted molar refractivity (Wildman–Crippen MR) is 83.8 cm³/mol. The normalized spacial score (nSPS) is 11.8. The lowest BCUT2D eigenvalue weighted by Crippen LogP contribution is -2.29. The Bertz CT molecular complexity index is 690. The molecule has 1 aromatic carbocycles. The summed E-state index contributed by atoms with van der Waals surface area (Å²) in [6, 6.07) is 10.6. The van der Waals surface area contributed by atoms with Gasteiger partial charge in [-0.2, -0.15) is 0 Å². The Balaban J connectivity index is 2.15. The average molecular weight is 325 g/mol. The molecule has 1 aromatic heterocycles. The molecule has 4 nitrogen and oxygen atoms in total. The van der Waals surface area contributed by atoms with Crippen molar-refractivity contribution >= 4 is 21.6 Å². The van der Waals surface area contributed by atoms with E-state index >= 15 is 0 Å². The maximum atomic E-state index is 12.6. The third-order valence-electron chi connectivity index (χ3n) is 3.27. The summed E-state index contributed by atoms with van der Waals surface area (Å²) < 4.78 is 26.5. The molecule has 21 heavy (non-hydrogen) atoms. The summed E-state index contributed by atoms with van der Waals surface area (Å²) in [7, 11) is -1.93. The number of aromatic nitrogens is 1. The van der Waals surface area contributed by atoms with Crippen molar-refractivity contribution < 1.29 is 8.42 Å². The maximum absolute atomic E-state index is 12.6. The molecule has 0 spiro atoms. The Morgan fingerprint density at radius 2 is 1.81 bits per heavy atom. The van der Waals surface area contributed by atoms with Crippen molar-refractivity contribution in [2.75, 3.05) is 13.6 Å². The van der Waals surface area contributed by atoms with E-state index in [1.807, 2.05) is 12.1 Å². The first kappa shape index (κ1) is 15.9. The zero-order valence-corrected chi connectivity index (χ0v) is 13.3. The second kappa shape index (κ2) is 7.02. The van der Waals surface area contributed by atoms with Gasteiger partial charge in [0, 0.05) is 31.9 Å². The number of likely N-dealkylation sites (N-methyl/N-ethyl adjacent to an activating group) is 1. The zero-order valence-electron chi connectivity index (χ0n) is 11.7. The van der Waals surface area contributed by atoms with Crippen molar-refractivity contribution in [2.45, 2.75) is 17.2 Å². The van der Waals surface area contributed by atoms with E-state index in [-0.39, 0.29) is 10.8 Å². The van der Waals surface area contributed by atoms with Crippen molar-refractivity contribution in [3.63, 3.8) is 0 Å². The summed E-state index contributed by atoms with van der Waals surface area (Å²) in [6.07, 6.45) is 4.04. The van der Waals surface area contributed by atoms with Crippen LogP contribution in [0.4, 0.5) is 0 Å². The van der Waals surface area contributed by atoms with Gasteiger partial charge in [-0.25, -0.2) is 12.7 Å². The molecule has 0 N–H and O–H groups in total. The van der Waals surface area contributed by atoms with E-state index in [1.165, 1.54) is 4.31 Å². The third kappa shape index (κ3) is 3.81. The van der Waals surface area contributed by atoms with Crippen LogP contribution in [0.3, 0.4) is 0 Å². The van der Waals surface area contributed by atoms with E-state index in [2.05, 4.69) is 4.98 Å². The fourth-order valence-electron chi connectivity index (χ4n) is 1.99. The van der Waals surface area contributed by atoms with Crippen molar-refractivity contribution in [1.82, 2.24) is 9.29 Å². The minimum Gasteiger partial charge on any atom is -0.265 e. The number of hydrogen-bond acceptors (Lipinski definition) is 3. The van der Waals surface area contributed by atoms with Crippen molar-refractivity contribution in [1.29, 1.82) is 0 Å². The van der Waals surface area contributed by atoms with Crippen LogP contribution in [0.1, 0.15) is 11.1 Å². The number of halogens is 1. The van der Waals surface area contributed by atoms with Gasteiger partial charge in [-0.05, 0) is 35.7 Å². The van der Waals surface area contributed by atoms with Gasteiger partial charge in [0.05, 0.1) is 4.90 Å². The molecule has 0 fully saturated rings. The lowest BCUT2D eigenvalue weighted by atomic mass is 10.2. The van der Waals surface area contributed by atoms with Crippen molar-refractivity contribution in [2.24, 2.45) is 0 Å². The largest absolute Gasteiger partial charge is 0.265 e. The molecule has 1 heterocycles. The highest BCUT2D eigenvalue weighted by atomic mass is 35.5. The van der Waals surface area contributed by atoms with Gasteiger partial charge in [0.15, 0.2) is 0 Å². The topological polar surface area (TPSA) is 50.3 Å². The van der Waals surface area contributed by atoms with Crippen molar-refractivity contribution in [3.8, 4) is 0 Å². The van der Waals surface area contributed by atoms with Gasteiger partial charge in [-0.15, -0.1) is 11.6 Å². The van der Waals surface area contributed by atoms with Crippen LogP contribution < -0.4 is 0 Å². The molecule has 2 aromatic rings. The first-order chi connectivity index (χ1) is 10.1. The Kier molecular flexibility index (Phi) is 5.33. The molecule has 0 saturated heterocycles. The summed E-state index contributed by atoms with van der Waals surface area (Å²) in [5, 5.41) is 0. The Morgan fingerprint density at radius 3 is 2.48 bits per heavy atom. The molecule has 0 aliphatic carbocycles. The highest BCUT2D eigenvalue weighted by molar-refractivity contribution is 7.89. The van der Waals surface area contributed by atoms with E-state index in [0.29, 0.717) is 18.5 Å². The summed E-state index contributed by atoms with van der Waals surface area (Å²) >= 11 is 5.83. The number of rotatable bonds is 6. The number of pyridine rings is 1. The lowest BCUT2D eigenvalue weighted by Gasteiger charge is -2.18. The van der Waals surface area contributed by atoms with Crippen LogP contribution in [0.15, 0.2) is 53.7 Å². The molecular weight excluding hydrogens is 308 g/mol. The number of sulfonamides is 1. The highest BCUT2D eigenvalue weighted by Crippen LogP contribution is 2.21. The molecule has 0 bridgehead atoms. The summed E-state index contributed by atoms with van der Waals surface area (Å²) in [5.41, 5.74) is 1.67. The Labute approximate surface area is 130 Å². The molecule has 0 aliphatic heterocycles. The van der Waals surface area contributed by atoms with Crippen LogP contribution in [-0.2, 0) is 22.3 Å². The molecular formula is C15H17ClN2O2S. The monoisotopic (exact) mass is 324 g/mol. The fraction of sp³-hybridized carbons (Fsp3) is 0.267. The Hall–Kier alpha value is -1.43. The molecule has 112 valence electrons. The van der Waals surface area contributed by atoms with Crippen LogP contribution in [0, 0.1) is 0 Å². The molecule has 0 radical (unpaired) electrons. The second-order valence-electron chi connectivity index (χ2n) is 4.67.